The van der Waals surface area contributed by atoms with Gasteiger partial charge in [0.2, 0.25) is 0 Å². The van der Waals surface area contributed by atoms with Crippen LogP contribution in [-0.2, 0) is 4.74 Å². The molecule has 0 unspecified atom stereocenters. The number of esters is 1. The van der Waals surface area contributed by atoms with Gasteiger partial charge in [0.15, 0.2) is 0 Å². The molecule has 0 atom stereocenters. The first kappa shape index (κ1) is 13.4. The van der Waals surface area contributed by atoms with Crippen LogP contribution in [0.5, 0.6) is 0 Å². The highest BCUT2D eigenvalue weighted by molar-refractivity contribution is 7.99. The highest BCUT2D eigenvalue weighted by Crippen LogP contribution is 2.32. The van der Waals surface area contributed by atoms with Crippen molar-refractivity contribution in [3.63, 3.8) is 0 Å². The van der Waals surface area contributed by atoms with Crippen LogP contribution in [0.3, 0.4) is 0 Å². The number of ether oxygens (including phenoxy) is 1. The molecule has 0 fully saturated rings. The molecule has 0 saturated heterocycles. The Labute approximate surface area is 116 Å². The molecule has 4 nitrogen and oxygen atoms in total. The van der Waals surface area contributed by atoms with Gasteiger partial charge in [-0.05, 0) is 25.1 Å². The summed E-state index contributed by atoms with van der Waals surface area (Å²) in [7, 11) is 1.33. The lowest BCUT2D eigenvalue weighted by atomic mass is 10.2. The molecule has 1 aromatic heterocycles. The molecule has 5 heteroatoms. The monoisotopic (exact) mass is 274 g/mol. The second-order valence-electron chi connectivity index (χ2n) is 3.98. The van der Waals surface area contributed by atoms with Crippen molar-refractivity contribution < 1.29 is 9.53 Å². The highest BCUT2D eigenvalue weighted by atomic mass is 32.2. The molecule has 0 radical (unpaired) electrons. The molecule has 0 aliphatic rings. The molecular weight excluding hydrogens is 260 g/mol. The maximum Gasteiger partial charge on any atom is 0.340 e. The fourth-order valence-electron chi connectivity index (χ4n) is 1.54. The number of carbonyl (C=O) groups is 1. The molecule has 2 rings (SSSR count). The standard InChI is InChI=1S/C14H14N2O2S/c1-9-3-5-10(6-4-9)19-13-12(15)11(7-8-16-13)14(17)18-2/h3-8H,15H2,1-2H3. The molecule has 19 heavy (non-hydrogen) atoms. The van der Waals surface area contributed by atoms with Crippen molar-refractivity contribution in [2.75, 3.05) is 12.8 Å². The molecule has 0 aliphatic heterocycles. The average Bonchev–Trinajstić information content (AvgIpc) is 2.43. The fourth-order valence-corrected chi connectivity index (χ4v) is 2.37. The summed E-state index contributed by atoms with van der Waals surface area (Å²) in [5.74, 6) is -0.453. The van der Waals surface area contributed by atoms with Crippen LogP contribution < -0.4 is 5.73 Å². The van der Waals surface area contributed by atoms with E-state index >= 15 is 0 Å². The van der Waals surface area contributed by atoms with Gasteiger partial charge in [0.25, 0.3) is 0 Å². The first-order chi connectivity index (χ1) is 9.11. The third-order valence-electron chi connectivity index (χ3n) is 2.59. The Hall–Kier alpha value is -2.01. The van der Waals surface area contributed by atoms with Gasteiger partial charge in [-0.3, -0.25) is 0 Å². The first-order valence-corrected chi connectivity index (χ1v) is 6.51. The summed E-state index contributed by atoms with van der Waals surface area (Å²) in [5, 5.41) is 0.603. The summed E-state index contributed by atoms with van der Waals surface area (Å²) in [6.07, 6.45) is 1.55. The number of nitrogens with two attached hydrogens (primary N) is 1. The maximum absolute atomic E-state index is 11.5. The average molecular weight is 274 g/mol. The molecule has 2 aromatic rings. The molecule has 0 bridgehead atoms. The van der Waals surface area contributed by atoms with Gasteiger partial charge in [0.05, 0.1) is 18.4 Å². The van der Waals surface area contributed by atoms with Crippen molar-refractivity contribution in [2.24, 2.45) is 0 Å². The van der Waals surface area contributed by atoms with Gasteiger partial charge in [0, 0.05) is 11.1 Å². The van der Waals surface area contributed by atoms with E-state index in [1.165, 1.54) is 24.4 Å². The molecule has 1 aromatic carbocycles. The van der Waals surface area contributed by atoms with Gasteiger partial charge in [-0.25, -0.2) is 9.78 Å². The summed E-state index contributed by atoms with van der Waals surface area (Å²) in [5.41, 5.74) is 7.83. The van der Waals surface area contributed by atoms with Gasteiger partial charge in [-0.15, -0.1) is 0 Å². The van der Waals surface area contributed by atoms with Crippen LogP contribution in [0.4, 0.5) is 5.69 Å². The number of benzene rings is 1. The fraction of sp³-hybridized carbons (Fsp3) is 0.143. The van der Waals surface area contributed by atoms with Crippen molar-refractivity contribution in [3.8, 4) is 0 Å². The number of pyridine rings is 1. The summed E-state index contributed by atoms with van der Waals surface area (Å²) in [6, 6.07) is 9.57. The number of nitrogens with zero attached hydrogens (tertiary/aromatic N) is 1. The molecule has 98 valence electrons. The zero-order valence-corrected chi connectivity index (χ0v) is 11.5. The topological polar surface area (TPSA) is 65.2 Å². The van der Waals surface area contributed by atoms with E-state index in [1.807, 2.05) is 31.2 Å². The summed E-state index contributed by atoms with van der Waals surface area (Å²) in [6.45, 7) is 2.03. The second-order valence-corrected chi connectivity index (χ2v) is 5.05. The van der Waals surface area contributed by atoms with E-state index in [0.717, 1.165) is 4.90 Å². The SMILES string of the molecule is COC(=O)c1ccnc(Sc2ccc(C)cc2)c1N. The minimum Gasteiger partial charge on any atom is -0.465 e. The predicted molar refractivity (Wildman–Crippen MR) is 75.3 cm³/mol. The van der Waals surface area contributed by atoms with E-state index in [9.17, 15) is 4.79 Å². The van der Waals surface area contributed by atoms with E-state index in [0.29, 0.717) is 16.3 Å². The van der Waals surface area contributed by atoms with Gasteiger partial charge in [-0.2, -0.15) is 0 Å². The Morgan fingerprint density at radius 2 is 1.95 bits per heavy atom. The van der Waals surface area contributed by atoms with Gasteiger partial charge in [0.1, 0.15) is 5.03 Å². The number of carbonyl (C=O) groups excluding carboxylic acids is 1. The largest absolute Gasteiger partial charge is 0.465 e. The van der Waals surface area contributed by atoms with Gasteiger partial charge < -0.3 is 10.5 Å². The number of hydrogen-bond acceptors (Lipinski definition) is 5. The smallest absolute Gasteiger partial charge is 0.340 e. The number of hydrogen-bond donors (Lipinski definition) is 1. The van der Waals surface area contributed by atoms with Crippen molar-refractivity contribution >= 4 is 23.4 Å². The van der Waals surface area contributed by atoms with Crippen molar-refractivity contribution in [1.82, 2.24) is 4.98 Å². The van der Waals surface area contributed by atoms with Gasteiger partial charge >= 0.3 is 5.97 Å². The van der Waals surface area contributed by atoms with E-state index in [2.05, 4.69) is 9.72 Å². The normalized spacial score (nSPS) is 10.2. The Balaban J connectivity index is 2.30. The Morgan fingerprint density at radius 3 is 2.58 bits per heavy atom. The van der Waals surface area contributed by atoms with Crippen LogP contribution >= 0.6 is 11.8 Å². The van der Waals surface area contributed by atoms with Crippen LogP contribution in [0.25, 0.3) is 0 Å². The second kappa shape index (κ2) is 5.75. The molecule has 0 spiro atoms. The van der Waals surface area contributed by atoms with Crippen LogP contribution in [0.15, 0.2) is 46.5 Å². The zero-order valence-electron chi connectivity index (χ0n) is 10.7. The van der Waals surface area contributed by atoms with E-state index in [4.69, 9.17) is 5.73 Å². The lowest BCUT2D eigenvalue weighted by Gasteiger charge is -2.08. The number of anilines is 1. The van der Waals surface area contributed by atoms with Crippen molar-refractivity contribution in [1.29, 1.82) is 0 Å². The number of methoxy groups -OCH3 is 1. The minimum atomic E-state index is -0.453. The third kappa shape index (κ3) is 3.06. The van der Waals surface area contributed by atoms with E-state index in [-0.39, 0.29) is 0 Å². The predicted octanol–water partition coefficient (Wildman–Crippen LogP) is 2.91. The molecule has 0 aliphatic carbocycles. The number of rotatable bonds is 3. The molecule has 0 amide bonds. The quantitative estimate of drug-likeness (QED) is 0.872. The maximum atomic E-state index is 11.5. The minimum absolute atomic E-state index is 0.340. The van der Waals surface area contributed by atoms with Crippen LogP contribution in [0, 0.1) is 6.92 Å². The van der Waals surface area contributed by atoms with Crippen molar-refractivity contribution in [2.45, 2.75) is 16.8 Å². The molecule has 1 heterocycles. The Morgan fingerprint density at radius 1 is 1.26 bits per heavy atom. The van der Waals surface area contributed by atoms with Gasteiger partial charge in [-0.1, -0.05) is 29.5 Å². The Bertz CT molecular complexity index is 597. The Kier molecular flexibility index (Phi) is 4.06. The van der Waals surface area contributed by atoms with Crippen LogP contribution in [0.2, 0.25) is 0 Å². The molecular formula is C14H14N2O2S. The van der Waals surface area contributed by atoms with E-state index in [1.54, 1.807) is 12.3 Å². The number of nitrogen functional groups attached to an aromatic ring is 1. The summed E-state index contributed by atoms with van der Waals surface area (Å²) < 4.78 is 4.68. The van der Waals surface area contributed by atoms with E-state index < -0.39 is 5.97 Å². The summed E-state index contributed by atoms with van der Waals surface area (Å²) >= 11 is 1.42. The highest BCUT2D eigenvalue weighted by Gasteiger charge is 2.14. The first-order valence-electron chi connectivity index (χ1n) is 5.69. The summed E-state index contributed by atoms with van der Waals surface area (Å²) in [4.78, 5) is 16.8. The number of aromatic nitrogens is 1. The lowest BCUT2D eigenvalue weighted by molar-refractivity contribution is 0.0601. The lowest BCUT2D eigenvalue weighted by Crippen LogP contribution is -2.07. The molecule has 2 N–H and O–H groups in total. The van der Waals surface area contributed by atoms with Crippen molar-refractivity contribution in [3.05, 3.63) is 47.7 Å². The van der Waals surface area contributed by atoms with Crippen LogP contribution in [0.1, 0.15) is 15.9 Å². The number of aryl methyl sites for hydroxylation is 1. The zero-order chi connectivity index (χ0) is 13.8. The molecule has 0 saturated carbocycles. The third-order valence-corrected chi connectivity index (χ3v) is 3.62. The van der Waals surface area contributed by atoms with Crippen LogP contribution in [-0.4, -0.2) is 18.1 Å².